The van der Waals surface area contributed by atoms with Crippen LogP contribution in [0.1, 0.15) is 10.4 Å². The van der Waals surface area contributed by atoms with Crippen molar-refractivity contribution in [3.05, 3.63) is 35.4 Å². The highest BCUT2D eigenvalue weighted by atomic mass is 32.2. The van der Waals surface area contributed by atoms with E-state index >= 15 is 0 Å². The van der Waals surface area contributed by atoms with Gasteiger partial charge in [0, 0.05) is 18.8 Å². The Morgan fingerprint density at radius 2 is 1.84 bits per heavy atom. The average molecular weight is 367 g/mol. The van der Waals surface area contributed by atoms with Crippen molar-refractivity contribution in [2.75, 3.05) is 31.3 Å². The molecule has 0 aromatic heterocycles. The van der Waals surface area contributed by atoms with E-state index in [-0.39, 0.29) is 37.0 Å². The molecule has 0 N–H and O–H groups in total. The first-order chi connectivity index (χ1) is 12.0. The van der Waals surface area contributed by atoms with E-state index in [4.69, 9.17) is 0 Å². The van der Waals surface area contributed by atoms with Crippen molar-refractivity contribution in [3.63, 3.8) is 0 Å². The Morgan fingerprint density at radius 1 is 1.08 bits per heavy atom. The summed E-state index contributed by atoms with van der Waals surface area (Å²) in [5.74, 6) is -1.42. The van der Waals surface area contributed by atoms with Crippen LogP contribution in [0.25, 0.3) is 0 Å². The van der Waals surface area contributed by atoms with Crippen molar-refractivity contribution in [2.45, 2.75) is 12.1 Å². The minimum Gasteiger partial charge on any atom is -0.334 e. The zero-order valence-corrected chi connectivity index (χ0v) is 14.0. The van der Waals surface area contributed by atoms with Crippen LogP contribution in [0.2, 0.25) is 0 Å². The minimum absolute atomic E-state index is 0.00670. The molecule has 1 aromatic carbocycles. The quantitative estimate of drug-likeness (QED) is 0.727. The fourth-order valence-electron chi connectivity index (χ4n) is 3.52. The second-order valence-corrected chi connectivity index (χ2v) is 7.25. The third-order valence-corrected chi connectivity index (χ3v) is 5.86. The van der Waals surface area contributed by atoms with Crippen molar-refractivity contribution in [1.82, 2.24) is 14.7 Å². The first-order valence-electron chi connectivity index (χ1n) is 7.90. The summed E-state index contributed by atoms with van der Waals surface area (Å²) in [6.45, 7) is 0.393. The number of nitrogens with zero attached hydrogens (tertiary/aromatic N) is 3. The van der Waals surface area contributed by atoms with Gasteiger partial charge in [-0.1, -0.05) is 0 Å². The molecule has 1 aromatic rings. The fraction of sp³-hybridized carbons (Fsp3) is 0.438. The molecular formula is C16H15F2N3O3S. The van der Waals surface area contributed by atoms with Crippen molar-refractivity contribution < 1.29 is 23.2 Å². The summed E-state index contributed by atoms with van der Waals surface area (Å²) in [7, 11) is 0. The number of hydrogen-bond acceptors (Lipinski definition) is 4. The number of carbonyl (C=O) groups excluding carboxylic acids is 3. The second-order valence-electron chi connectivity index (χ2n) is 6.25. The molecule has 25 heavy (non-hydrogen) atoms. The lowest BCUT2D eigenvalue weighted by atomic mass is 10.0. The predicted molar refractivity (Wildman–Crippen MR) is 85.7 cm³/mol. The van der Waals surface area contributed by atoms with Crippen LogP contribution in [-0.2, 0) is 9.59 Å². The summed E-state index contributed by atoms with van der Waals surface area (Å²) in [5.41, 5.74) is -0.363. The van der Waals surface area contributed by atoms with E-state index in [9.17, 15) is 23.2 Å². The molecule has 132 valence electrons. The van der Waals surface area contributed by atoms with Gasteiger partial charge in [-0.2, -0.15) is 0 Å². The van der Waals surface area contributed by atoms with Crippen molar-refractivity contribution in [3.8, 4) is 0 Å². The van der Waals surface area contributed by atoms with Crippen LogP contribution < -0.4 is 0 Å². The van der Waals surface area contributed by atoms with Gasteiger partial charge in [0.15, 0.2) is 0 Å². The molecule has 6 nitrogen and oxygen atoms in total. The summed E-state index contributed by atoms with van der Waals surface area (Å²) < 4.78 is 27.2. The zero-order chi connectivity index (χ0) is 17.7. The first kappa shape index (κ1) is 16.3. The molecule has 0 spiro atoms. The summed E-state index contributed by atoms with van der Waals surface area (Å²) in [5, 5.41) is 0. The number of carbonyl (C=O) groups is 3. The van der Waals surface area contributed by atoms with Gasteiger partial charge >= 0.3 is 0 Å². The molecule has 3 saturated heterocycles. The van der Waals surface area contributed by atoms with Gasteiger partial charge in [-0.05, 0) is 18.2 Å². The van der Waals surface area contributed by atoms with Gasteiger partial charge in [0.2, 0.25) is 11.8 Å². The lowest BCUT2D eigenvalue weighted by Crippen LogP contribution is -2.69. The predicted octanol–water partition coefficient (Wildman–Crippen LogP) is 0.533. The topological polar surface area (TPSA) is 60.9 Å². The second kappa shape index (κ2) is 5.98. The summed E-state index contributed by atoms with van der Waals surface area (Å²) in [6, 6.07) is 1.53. The molecule has 3 aliphatic heterocycles. The Morgan fingerprint density at radius 3 is 2.64 bits per heavy atom. The average Bonchev–Trinajstić information content (AvgIpc) is 3.11. The monoisotopic (exact) mass is 367 g/mol. The van der Waals surface area contributed by atoms with Gasteiger partial charge in [0.05, 0.1) is 18.0 Å². The fourth-order valence-corrected chi connectivity index (χ4v) is 4.68. The van der Waals surface area contributed by atoms with Crippen LogP contribution in [0.4, 0.5) is 8.78 Å². The number of rotatable bonds is 1. The van der Waals surface area contributed by atoms with Crippen LogP contribution in [0, 0.1) is 11.6 Å². The molecule has 2 atom stereocenters. The number of hydrogen-bond donors (Lipinski definition) is 0. The number of amides is 3. The highest BCUT2D eigenvalue weighted by Gasteiger charge is 2.50. The van der Waals surface area contributed by atoms with Gasteiger partial charge in [-0.15, -0.1) is 11.8 Å². The van der Waals surface area contributed by atoms with Crippen LogP contribution in [0.3, 0.4) is 0 Å². The molecule has 0 unspecified atom stereocenters. The third kappa shape index (κ3) is 2.57. The van der Waals surface area contributed by atoms with E-state index in [1.165, 1.54) is 21.6 Å². The number of thioether (sulfide) groups is 1. The Hall–Kier alpha value is -2.16. The maximum Gasteiger partial charge on any atom is 0.257 e. The van der Waals surface area contributed by atoms with Crippen LogP contribution in [-0.4, -0.2) is 75.8 Å². The number of piperazine rings is 2. The Balaban J connectivity index is 1.57. The van der Waals surface area contributed by atoms with Crippen LogP contribution in [0.5, 0.6) is 0 Å². The highest BCUT2D eigenvalue weighted by molar-refractivity contribution is 7.99. The number of fused-ring (bicyclic) bond motifs is 2. The minimum atomic E-state index is -0.809. The normalized spacial score (nSPS) is 25.9. The van der Waals surface area contributed by atoms with Crippen LogP contribution >= 0.6 is 11.8 Å². The largest absolute Gasteiger partial charge is 0.334 e. The van der Waals surface area contributed by atoms with Gasteiger partial charge in [0.25, 0.3) is 5.91 Å². The molecule has 3 amide bonds. The molecule has 0 bridgehead atoms. The maximum absolute atomic E-state index is 13.9. The van der Waals surface area contributed by atoms with E-state index in [0.717, 1.165) is 18.2 Å². The van der Waals surface area contributed by atoms with Gasteiger partial charge in [-0.25, -0.2) is 8.78 Å². The van der Waals surface area contributed by atoms with E-state index < -0.39 is 29.6 Å². The molecule has 4 rings (SSSR count). The van der Waals surface area contributed by atoms with Crippen LogP contribution in [0.15, 0.2) is 18.2 Å². The number of halogens is 2. The van der Waals surface area contributed by atoms with Crippen molar-refractivity contribution in [1.29, 1.82) is 0 Å². The Bertz CT molecular complexity index is 775. The highest BCUT2D eigenvalue weighted by Crippen LogP contribution is 2.30. The molecule has 0 radical (unpaired) electrons. The summed E-state index contributed by atoms with van der Waals surface area (Å²) in [4.78, 5) is 42.1. The molecule has 9 heteroatoms. The Labute approximate surface area is 146 Å². The summed E-state index contributed by atoms with van der Waals surface area (Å²) >= 11 is 1.53. The van der Waals surface area contributed by atoms with E-state index in [2.05, 4.69) is 0 Å². The van der Waals surface area contributed by atoms with Gasteiger partial charge < -0.3 is 14.7 Å². The molecule has 0 aliphatic carbocycles. The lowest BCUT2D eigenvalue weighted by Gasteiger charge is -2.47. The molecule has 3 aliphatic rings. The lowest BCUT2D eigenvalue weighted by molar-refractivity contribution is -0.161. The third-order valence-electron chi connectivity index (χ3n) is 4.84. The smallest absolute Gasteiger partial charge is 0.257 e. The number of benzene rings is 1. The van der Waals surface area contributed by atoms with E-state index in [1.807, 2.05) is 0 Å². The van der Waals surface area contributed by atoms with Gasteiger partial charge in [0.1, 0.15) is 23.7 Å². The maximum atomic E-state index is 13.9. The van der Waals surface area contributed by atoms with E-state index in [0.29, 0.717) is 11.6 Å². The SMILES string of the molecule is O=C(c1cc(F)ccc1F)N1CCN2C(=O)[C@@H]3CSCN3C(=O)[C@H]2C1. The first-order valence-corrected chi connectivity index (χ1v) is 9.06. The molecule has 0 saturated carbocycles. The van der Waals surface area contributed by atoms with Gasteiger partial charge in [-0.3, -0.25) is 14.4 Å². The zero-order valence-electron chi connectivity index (χ0n) is 13.2. The van der Waals surface area contributed by atoms with E-state index in [1.54, 1.807) is 4.90 Å². The molecule has 3 fully saturated rings. The molecule has 3 heterocycles. The summed E-state index contributed by atoms with van der Waals surface area (Å²) in [6.07, 6.45) is 0. The molecular weight excluding hydrogens is 352 g/mol. The van der Waals surface area contributed by atoms with Crippen molar-refractivity contribution in [2.24, 2.45) is 0 Å². The van der Waals surface area contributed by atoms with Crippen molar-refractivity contribution >= 4 is 29.5 Å². The standard InChI is InChI=1S/C16H15F2N3O3S/c17-9-1-2-11(18)10(5-9)14(22)19-3-4-20-12(6-19)15(23)21-8-25-7-13(21)16(20)24/h1-2,5,12-13H,3-4,6-8H2/t12-,13+/m1/s1. The Kier molecular flexibility index (Phi) is 3.90.